The zero-order valence-corrected chi connectivity index (χ0v) is 15.9. The molecule has 6 nitrogen and oxygen atoms in total. The van der Waals surface area contributed by atoms with E-state index in [0.29, 0.717) is 35.6 Å². The Kier molecular flexibility index (Phi) is 4.96. The molecule has 0 radical (unpaired) electrons. The van der Waals surface area contributed by atoms with Gasteiger partial charge in [-0.1, -0.05) is 25.5 Å². The van der Waals surface area contributed by atoms with E-state index in [2.05, 4.69) is 0 Å². The van der Waals surface area contributed by atoms with Gasteiger partial charge in [0.25, 0.3) is 11.7 Å². The number of aliphatic hydroxyl groups excluding tert-OH is 1. The average molecular weight is 397 g/mol. The van der Waals surface area contributed by atoms with E-state index in [1.165, 1.54) is 29.2 Å². The van der Waals surface area contributed by atoms with Crippen molar-refractivity contribution in [1.82, 2.24) is 4.90 Å². The number of fused-ring (bicyclic) bond motifs is 1. The van der Waals surface area contributed by atoms with Crippen LogP contribution in [0.25, 0.3) is 5.76 Å². The first-order valence-corrected chi connectivity index (χ1v) is 9.45. The molecule has 2 aromatic rings. The van der Waals surface area contributed by atoms with E-state index < -0.39 is 23.5 Å². The quantitative estimate of drug-likeness (QED) is 0.472. The summed E-state index contributed by atoms with van der Waals surface area (Å²) in [6.45, 7) is 2.42. The monoisotopic (exact) mass is 397 g/mol. The van der Waals surface area contributed by atoms with Crippen molar-refractivity contribution in [2.75, 3.05) is 13.3 Å². The Balaban J connectivity index is 1.83. The zero-order valence-electron chi connectivity index (χ0n) is 15.9. The second kappa shape index (κ2) is 7.58. The highest BCUT2D eigenvalue weighted by molar-refractivity contribution is 6.46. The molecule has 0 saturated carbocycles. The molecule has 0 bridgehead atoms. The number of unbranched alkanes of at least 4 members (excludes halogenated alkanes) is 1. The van der Waals surface area contributed by atoms with Crippen molar-refractivity contribution in [3.63, 3.8) is 0 Å². The first-order chi connectivity index (χ1) is 14.0. The number of hydrogen-bond donors (Lipinski definition) is 1. The maximum absolute atomic E-state index is 13.4. The minimum atomic E-state index is -0.785. The van der Waals surface area contributed by atoms with Crippen LogP contribution in [-0.2, 0) is 9.59 Å². The molecule has 29 heavy (non-hydrogen) atoms. The number of benzene rings is 2. The van der Waals surface area contributed by atoms with Gasteiger partial charge >= 0.3 is 0 Å². The number of amides is 1. The zero-order chi connectivity index (χ0) is 20.5. The van der Waals surface area contributed by atoms with Gasteiger partial charge in [0.1, 0.15) is 11.6 Å². The third-order valence-electron chi connectivity index (χ3n) is 5.12. The molecule has 4 rings (SSSR count). The third-order valence-corrected chi connectivity index (χ3v) is 5.12. The summed E-state index contributed by atoms with van der Waals surface area (Å²) < 4.78 is 24.1. The van der Waals surface area contributed by atoms with E-state index >= 15 is 0 Å². The van der Waals surface area contributed by atoms with Gasteiger partial charge < -0.3 is 19.5 Å². The highest BCUT2D eigenvalue weighted by Crippen LogP contribution is 2.41. The highest BCUT2D eigenvalue weighted by Gasteiger charge is 2.45. The van der Waals surface area contributed by atoms with Crippen LogP contribution in [-0.4, -0.2) is 35.0 Å². The number of Topliss-reactive ketones (excluding diaryl/α,β-unsaturated/α-hetero) is 1. The van der Waals surface area contributed by atoms with Crippen LogP contribution in [0, 0.1) is 5.82 Å². The van der Waals surface area contributed by atoms with Gasteiger partial charge in [0.2, 0.25) is 6.79 Å². The molecule has 0 aliphatic carbocycles. The molecule has 1 amide bonds. The van der Waals surface area contributed by atoms with Crippen molar-refractivity contribution in [2.45, 2.75) is 25.8 Å². The lowest BCUT2D eigenvalue weighted by molar-refractivity contribution is -0.139. The van der Waals surface area contributed by atoms with Crippen LogP contribution in [0.5, 0.6) is 11.5 Å². The molecule has 0 spiro atoms. The number of aliphatic hydroxyl groups is 1. The first kappa shape index (κ1) is 19.0. The Hall–Kier alpha value is -3.35. The van der Waals surface area contributed by atoms with Crippen molar-refractivity contribution < 1.29 is 28.6 Å². The maximum Gasteiger partial charge on any atom is 0.295 e. The van der Waals surface area contributed by atoms with Gasteiger partial charge in [-0.15, -0.1) is 0 Å². The van der Waals surface area contributed by atoms with Gasteiger partial charge in [0, 0.05) is 12.1 Å². The van der Waals surface area contributed by atoms with Crippen molar-refractivity contribution >= 4 is 17.4 Å². The molecule has 2 heterocycles. The van der Waals surface area contributed by atoms with Gasteiger partial charge in [0.05, 0.1) is 11.6 Å². The summed E-state index contributed by atoms with van der Waals surface area (Å²) in [6.07, 6.45) is 1.54. The Morgan fingerprint density at radius 2 is 1.86 bits per heavy atom. The topological polar surface area (TPSA) is 76.1 Å². The minimum Gasteiger partial charge on any atom is -0.507 e. The fraction of sp³-hybridized carbons (Fsp3) is 0.273. The fourth-order valence-corrected chi connectivity index (χ4v) is 3.63. The molecule has 0 aromatic heterocycles. The molecule has 1 saturated heterocycles. The van der Waals surface area contributed by atoms with E-state index in [1.54, 1.807) is 18.2 Å². The molecule has 1 N–H and O–H groups in total. The lowest BCUT2D eigenvalue weighted by Crippen LogP contribution is -2.30. The molecule has 2 aromatic carbocycles. The molecule has 1 fully saturated rings. The number of hydrogen-bond acceptors (Lipinski definition) is 5. The molecular weight excluding hydrogens is 377 g/mol. The molecular formula is C22H20FNO5. The Bertz CT molecular complexity index is 999. The van der Waals surface area contributed by atoms with Crippen LogP contribution in [0.1, 0.15) is 36.9 Å². The van der Waals surface area contributed by atoms with Gasteiger partial charge in [-0.2, -0.15) is 0 Å². The fourth-order valence-electron chi connectivity index (χ4n) is 3.63. The Morgan fingerprint density at radius 3 is 2.59 bits per heavy atom. The normalized spacial score (nSPS) is 19.8. The molecule has 150 valence electrons. The third kappa shape index (κ3) is 3.33. The predicted molar refractivity (Wildman–Crippen MR) is 103 cm³/mol. The molecule has 1 atom stereocenters. The molecule has 2 aliphatic heterocycles. The summed E-state index contributed by atoms with van der Waals surface area (Å²) in [5.41, 5.74) is 0.885. The van der Waals surface area contributed by atoms with Crippen molar-refractivity contribution in [1.29, 1.82) is 0 Å². The maximum atomic E-state index is 13.4. The number of ketones is 1. The van der Waals surface area contributed by atoms with E-state index in [-0.39, 0.29) is 18.1 Å². The summed E-state index contributed by atoms with van der Waals surface area (Å²) in [6, 6.07) is 9.62. The number of nitrogens with zero attached hydrogens (tertiary/aromatic N) is 1. The number of ether oxygens (including phenoxy) is 2. The second-order valence-electron chi connectivity index (χ2n) is 6.97. The van der Waals surface area contributed by atoms with Crippen LogP contribution in [0.2, 0.25) is 0 Å². The van der Waals surface area contributed by atoms with Gasteiger partial charge in [-0.05, 0) is 42.3 Å². The Labute approximate surface area is 167 Å². The molecule has 7 heteroatoms. The van der Waals surface area contributed by atoms with Crippen LogP contribution in [0.4, 0.5) is 4.39 Å². The van der Waals surface area contributed by atoms with Crippen LogP contribution >= 0.6 is 0 Å². The smallest absolute Gasteiger partial charge is 0.295 e. The average Bonchev–Trinajstić information content (AvgIpc) is 3.29. The second-order valence-corrected chi connectivity index (χ2v) is 6.97. The van der Waals surface area contributed by atoms with Crippen LogP contribution in [0.3, 0.4) is 0 Å². The lowest BCUT2D eigenvalue weighted by atomic mass is 9.95. The minimum absolute atomic E-state index is 0.0171. The predicted octanol–water partition coefficient (Wildman–Crippen LogP) is 3.78. The number of halogens is 1. The van der Waals surface area contributed by atoms with Gasteiger partial charge in [-0.25, -0.2) is 4.39 Å². The van der Waals surface area contributed by atoms with Gasteiger partial charge in [0.15, 0.2) is 11.5 Å². The van der Waals surface area contributed by atoms with E-state index in [0.717, 1.165) is 6.42 Å². The first-order valence-electron chi connectivity index (χ1n) is 9.45. The number of likely N-dealkylation sites (tertiary alicyclic amines) is 1. The number of carbonyl (C=O) groups is 2. The summed E-state index contributed by atoms with van der Waals surface area (Å²) in [7, 11) is 0. The number of carbonyl (C=O) groups excluding carboxylic acids is 2. The summed E-state index contributed by atoms with van der Waals surface area (Å²) in [5.74, 6) is -1.15. The van der Waals surface area contributed by atoms with E-state index in [4.69, 9.17) is 9.47 Å². The summed E-state index contributed by atoms with van der Waals surface area (Å²) >= 11 is 0. The summed E-state index contributed by atoms with van der Waals surface area (Å²) in [4.78, 5) is 27.0. The largest absolute Gasteiger partial charge is 0.507 e. The van der Waals surface area contributed by atoms with Crippen LogP contribution in [0.15, 0.2) is 48.0 Å². The van der Waals surface area contributed by atoms with Crippen LogP contribution < -0.4 is 9.47 Å². The highest BCUT2D eigenvalue weighted by atomic mass is 19.1. The van der Waals surface area contributed by atoms with Crippen molar-refractivity contribution in [3.8, 4) is 11.5 Å². The lowest BCUT2D eigenvalue weighted by Gasteiger charge is -2.25. The van der Waals surface area contributed by atoms with E-state index in [1.807, 2.05) is 6.92 Å². The number of rotatable bonds is 5. The van der Waals surface area contributed by atoms with E-state index in [9.17, 15) is 19.1 Å². The molecule has 1 unspecified atom stereocenters. The summed E-state index contributed by atoms with van der Waals surface area (Å²) in [5, 5.41) is 11.0. The van der Waals surface area contributed by atoms with Crippen molar-refractivity contribution in [3.05, 3.63) is 65.0 Å². The van der Waals surface area contributed by atoms with Gasteiger partial charge in [-0.3, -0.25) is 9.59 Å². The SMILES string of the molecule is CCCCN1C(=O)C(=O)/C(=C(\O)c2ccc3c(c2)OCO3)C1c1ccc(F)cc1. The standard InChI is InChI=1S/C22H20FNO5/c1-2-3-10-24-19(13-4-7-15(23)8-5-13)18(21(26)22(24)27)20(25)14-6-9-16-17(11-14)29-12-28-16/h4-9,11,19,25H,2-3,10,12H2,1H3/b20-18-. The Morgan fingerprint density at radius 1 is 1.14 bits per heavy atom. The molecule has 2 aliphatic rings. The van der Waals surface area contributed by atoms with Crippen molar-refractivity contribution in [2.24, 2.45) is 0 Å².